The summed E-state index contributed by atoms with van der Waals surface area (Å²) in [6.07, 6.45) is 0.151. The first kappa shape index (κ1) is 17.2. The van der Waals surface area contributed by atoms with Gasteiger partial charge in [0.15, 0.2) is 0 Å². The number of piperazine rings is 1. The van der Waals surface area contributed by atoms with Gasteiger partial charge in [0, 0.05) is 13.1 Å². The maximum atomic E-state index is 12.6. The van der Waals surface area contributed by atoms with Crippen molar-refractivity contribution in [3.63, 3.8) is 0 Å². The molecule has 0 saturated carbocycles. The highest BCUT2D eigenvalue weighted by molar-refractivity contribution is 5.89. The molecule has 0 radical (unpaired) electrons. The number of nitrogens with zero attached hydrogens (tertiary/aromatic N) is 1. The van der Waals surface area contributed by atoms with Gasteiger partial charge in [-0.3, -0.25) is 14.5 Å². The third-order valence-electron chi connectivity index (χ3n) is 4.55. The third-order valence-corrected chi connectivity index (χ3v) is 4.55. The number of rotatable bonds is 5. The van der Waals surface area contributed by atoms with E-state index in [-0.39, 0.29) is 24.3 Å². The molecule has 5 heteroatoms. The van der Waals surface area contributed by atoms with Crippen molar-refractivity contribution in [3.8, 4) is 0 Å². The van der Waals surface area contributed by atoms with Crippen LogP contribution in [0.25, 0.3) is 0 Å². The molecule has 2 aromatic carbocycles. The van der Waals surface area contributed by atoms with Crippen LogP contribution in [-0.2, 0) is 9.59 Å². The molecule has 2 amide bonds. The fraction of sp³-hybridized carbons (Fsp3) is 0.300. The van der Waals surface area contributed by atoms with E-state index in [1.54, 1.807) is 0 Å². The first-order valence-electron chi connectivity index (χ1n) is 8.52. The lowest BCUT2D eigenvalue weighted by Crippen LogP contribution is -2.55. The summed E-state index contributed by atoms with van der Waals surface area (Å²) in [4.78, 5) is 26.6. The monoisotopic (exact) mass is 337 g/mol. The third kappa shape index (κ3) is 4.25. The Balaban J connectivity index is 1.76. The fourth-order valence-electron chi connectivity index (χ4n) is 3.12. The lowest BCUT2D eigenvalue weighted by molar-refractivity contribution is -0.133. The second kappa shape index (κ2) is 7.94. The fourth-order valence-corrected chi connectivity index (χ4v) is 3.12. The molecule has 0 aliphatic carbocycles. The van der Waals surface area contributed by atoms with Crippen LogP contribution in [0.15, 0.2) is 60.7 Å². The Kier molecular flexibility index (Phi) is 5.46. The molecule has 1 atom stereocenters. The predicted octanol–water partition coefficient (Wildman–Crippen LogP) is 1.71. The average Bonchev–Trinajstić information content (AvgIpc) is 2.64. The van der Waals surface area contributed by atoms with Crippen molar-refractivity contribution in [2.45, 2.75) is 18.5 Å². The quantitative estimate of drug-likeness (QED) is 0.873. The van der Waals surface area contributed by atoms with Crippen LogP contribution >= 0.6 is 0 Å². The lowest BCUT2D eigenvalue weighted by Gasteiger charge is -2.31. The zero-order valence-corrected chi connectivity index (χ0v) is 14.3. The second-order valence-electron chi connectivity index (χ2n) is 6.31. The second-order valence-corrected chi connectivity index (χ2v) is 6.31. The number of likely N-dealkylation sites (N-methyl/N-ethyl adjacent to an activating group) is 1. The smallest absolute Gasteiger partial charge is 0.237 e. The first-order valence-corrected chi connectivity index (χ1v) is 8.52. The normalized spacial score (nSPS) is 18.0. The summed E-state index contributed by atoms with van der Waals surface area (Å²) in [6, 6.07) is 19.1. The van der Waals surface area contributed by atoms with Gasteiger partial charge in [-0.05, 0) is 18.2 Å². The number of carbonyl (C=O) groups excluding carboxylic acids is 2. The van der Waals surface area contributed by atoms with Crippen molar-refractivity contribution in [3.05, 3.63) is 71.8 Å². The summed E-state index contributed by atoms with van der Waals surface area (Å²) in [6.45, 7) is 1.38. The summed E-state index contributed by atoms with van der Waals surface area (Å²) >= 11 is 0. The minimum atomic E-state index is -0.416. The van der Waals surface area contributed by atoms with E-state index in [1.165, 1.54) is 0 Å². The molecule has 0 spiro atoms. The molecule has 25 heavy (non-hydrogen) atoms. The van der Waals surface area contributed by atoms with Crippen molar-refractivity contribution in [2.75, 3.05) is 20.1 Å². The van der Waals surface area contributed by atoms with Gasteiger partial charge >= 0.3 is 0 Å². The Morgan fingerprint density at radius 3 is 2.20 bits per heavy atom. The molecule has 0 aromatic heterocycles. The Hall–Kier alpha value is -2.66. The van der Waals surface area contributed by atoms with E-state index in [2.05, 4.69) is 10.6 Å². The Bertz CT molecular complexity index is 679. The minimum absolute atomic E-state index is 0.0835. The topological polar surface area (TPSA) is 61.4 Å². The van der Waals surface area contributed by atoms with E-state index in [0.29, 0.717) is 6.54 Å². The predicted molar refractivity (Wildman–Crippen MR) is 96.9 cm³/mol. The van der Waals surface area contributed by atoms with Crippen LogP contribution in [-0.4, -0.2) is 42.9 Å². The summed E-state index contributed by atoms with van der Waals surface area (Å²) < 4.78 is 0. The number of carbonyl (C=O) groups is 2. The number of benzene rings is 2. The van der Waals surface area contributed by atoms with Crippen LogP contribution in [0.5, 0.6) is 0 Å². The zero-order valence-electron chi connectivity index (χ0n) is 14.3. The van der Waals surface area contributed by atoms with E-state index in [9.17, 15) is 9.59 Å². The number of hydrogen-bond acceptors (Lipinski definition) is 3. The molecular weight excluding hydrogens is 314 g/mol. The van der Waals surface area contributed by atoms with Gasteiger partial charge < -0.3 is 10.6 Å². The van der Waals surface area contributed by atoms with Crippen LogP contribution in [0, 0.1) is 0 Å². The molecular formula is C20H23N3O2. The van der Waals surface area contributed by atoms with E-state index in [0.717, 1.165) is 17.7 Å². The molecule has 1 aliphatic rings. The van der Waals surface area contributed by atoms with Gasteiger partial charge in [-0.15, -0.1) is 0 Å². The molecule has 5 nitrogen and oxygen atoms in total. The molecule has 1 saturated heterocycles. The molecule has 2 aromatic rings. The van der Waals surface area contributed by atoms with Crippen molar-refractivity contribution in [2.24, 2.45) is 0 Å². The molecule has 3 rings (SSSR count). The highest BCUT2D eigenvalue weighted by Gasteiger charge is 2.29. The van der Waals surface area contributed by atoms with E-state index >= 15 is 0 Å². The van der Waals surface area contributed by atoms with Crippen molar-refractivity contribution in [1.82, 2.24) is 15.5 Å². The molecule has 0 unspecified atom stereocenters. The molecule has 1 aliphatic heterocycles. The average molecular weight is 337 g/mol. The van der Waals surface area contributed by atoms with E-state index in [4.69, 9.17) is 0 Å². The maximum Gasteiger partial charge on any atom is 0.237 e. The van der Waals surface area contributed by atoms with Crippen LogP contribution in [0.2, 0.25) is 0 Å². The largest absolute Gasteiger partial charge is 0.353 e. The minimum Gasteiger partial charge on any atom is -0.353 e. The molecule has 2 N–H and O–H groups in total. The Labute approximate surface area is 148 Å². The summed E-state index contributed by atoms with van der Waals surface area (Å²) in [5.74, 6) is -0.216. The number of nitrogens with one attached hydrogen (secondary N) is 2. The Morgan fingerprint density at radius 1 is 1.12 bits per heavy atom. The first-order chi connectivity index (χ1) is 12.1. The number of hydrogen-bond donors (Lipinski definition) is 2. The molecule has 0 bridgehead atoms. The molecule has 1 heterocycles. The van der Waals surface area contributed by atoms with Crippen molar-refractivity contribution >= 4 is 11.8 Å². The summed E-state index contributed by atoms with van der Waals surface area (Å²) in [5.41, 5.74) is 2.03. The van der Waals surface area contributed by atoms with Crippen molar-refractivity contribution < 1.29 is 9.59 Å². The van der Waals surface area contributed by atoms with Crippen LogP contribution < -0.4 is 10.6 Å². The van der Waals surface area contributed by atoms with Gasteiger partial charge in [0.1, 0.15) is 0 Å². The van der Waals surface area contributed by atoms with Gasteiger partial charge in [0.05, 0.1) is 18.5 Å². The highest BCUT2D eigenvalue weighted by atomic mass is 16.2. The van der Waals surface area contributed by atoms with Gasteiger partial charge in [0.2, 0.25) is 11.8 Å². The van der Waals surface area contributed by atoms with Gasteiger partial charge in [-0.1, -0.05) is 60.7 Å². The maximum absolute atomic E-state index is 12.6. The standard InChI is InChI=1S/C20H23N3O2/c1-23-13-12-21-20(25)17(23)14-18(24)22-19(15-8-4-2-5-9-15)16-10-6-3-7-11-16/h2-11,17,19H,12-14H2,1H3,(H,21,25)(H,22,24)/t17-/m1/s1. The van der Waals surface area contributed by atoms with Gasteiger partial charge in [0.25, 0.3) is 0 Å². The zero-order chi connectivity index (χ0) is 17.6. The summed E-state index contributed by atoms with van der Waals surface area (Å²) in [7, 11) is 1.88. The number of amides is 2. The van der Waals surface area contributed by atoms with Crippen LogP contribution in [0.1, 0.15) is 23.6 Å². The lowest BCUT2D eigenvalue weighted by atomic mass is 9.98. The van der Waals surface area contributed by atoms with Crippen LogP contribution in [0.4, 0.5) is 0 Å². The Morgan fingerprint density at radius 2 is 1.68 bits per heavy atom. The van der Waals surface area contributed by atoms with Gasteiger partial charge in [-0.25, -0.2) is 0 Å². The van der Waals surface area contributed by atoms with Gasteiger partial charge in [-0.2, -0.15) is 0 Å². The molecule has 1 fully saturated rings. The van der Waals surface area contributed by atoms with Crippen LogP contribution in [0.3, 0.4) is 0 Å². The summed E-state index contributed by atoms with van der Waals surface area (Å²) in [5, 5.41) is 5.92. The van der Waals surface area contributed by atoms with E-state index < -0.39 is 6.04 Å². The van der Waals surface area contributed by atoms with Crippen molar-refractivity contribution in [1.29, 1.82) is 0 Å². The molecule has 130 valence electrons. The highest BCUT2D eigenvalue weighted by Crippen LogP contribution is 2.22. The van der Waals surface area contributed by atoms with E-state index in [1.807, 2.05) is 72.6 Å². The SMILES string of the molecule is CN1CCNC(=O)[C@H]1CC(=O)NC(c1ccccc1)c1ccccc1.